The predicted molar refractivity (Wildman–Crippen MR) is 65.9 cm³/mol. The zero-order chi connectivity index (χ0) is 13.1. The summed E-state index contributed by atoms with van der Waals surface area (Å²) in [5.74, 6) is -0.574. The van der Waals surface area contributed by atoms with E-state index in [0.717, 1.165) is 0 Å². The number of ether oxygens (including phenoxy) is 1. The van der Waals surface area contributed by atoms with E-state index < -0.39 is 5.54 Å². The molecule has 1 aromatic rings. The number of carbonyl (C=O) groups is 1. The highest BCUT2D eigenvalue weighted by molar-refractivity contribution is 5.98. The molecule has 1 aromatic carbocycles. The highest BCUT2D eigenvalue weighted by atomic mass is 16.5. The summed E-state index contributed by atoms with van der Waals surface area (Å²) in [5.41, 5.74) is 5.36. The van der Waals surface area contributed by atoms with Crippen LogP contribution < -0.4 is 11.1 Å². The monoisotopic (exact) mass is 238 g/mol. The second-order valence-corrected chi connectivity index (χ2v) is 4.51. The summed E-state index contributed by atoms with van der Waals surface area (Å²) >= 11 is 0. The summed E-state index contributed by atoms with van der Waals surface area (Å²) in [7, 11) is 1.56. The Hall–Kier alpha value is -1.75. The Morgan fingerprint density at radius 2 is 2.18 bits per heavy atom. The average molecular weight is 238 g/mol. The number of benzene rings is 1. The summed E-state index contributed by atoms with van der Waals surface area (Å²) in [4.78, 5) is 11.9. The molecule has 5 heteroatoms. The summed E-state index contributed by atoms with van der Waals surface area (Å²) in [6, 6.07) is 4.67. The zero-order valence-corrected chi connectivity index (χ0v) is 10.3. The third-order valence-corrected chi connectivity index (χ3v) is 2.27. The average Bonchev–Trinajstić information content (AvgIpc) is 2.21. The number of anilines is 1. The molecule has 0 aliphatic rings. The van der Waals surface area contributed by atoms with Crippen molar-refractivity contribution in [3.05, 3.63) is 23.8 Å². The van der Waals surface area contributed by atoms with Crippen LogP contribution >= 0.6 is 0 Å². The molecule has 0 spiro atoms. The third kappa shape index (κ3) is 3.35. The van der Waals surface area contributed by atoms with E-state index in [2.05, 4.69) is 5.32 Å². The molecule has 0 aromatic heterocycles. The van der Waals surface area contributed by atoms with Crippen LogP contribution in [0.1, 0.15) is 24.2 Å². The van der Waals surface area contributed by atoms with Crippen LogP contribution in [0.3, 0.4) is 0 Å². The summed E-state index contributed by atoms with van der Waals surface area (Å²) in [5, 5.41) is 12.4. The number of amides is 1. The number of phenols is 1. The second-order valence-electron chi connectivity index (χ2n) is 4.51. The van der Waals surface area contributed by atoms with Crippen molar-refractivity contribution in [2.24, 2.45) is 0 Å². The third-order valence-electron chi connectivity index (χ3n) is 2.27. The maximum Gasteiger partial charge on any atom is 0.255 e. The van der Waals surface area contributed by atoms with Crippen molar-refractivity contribution in [2.45, 2.75) is 19.4 Å². The topological polar surface area (TPSA) is 84.6 Å². The van der Waals surface area contributed by atoms with Gasteiger partial charge in [-0.2, -0.15) is 0 Å². The summed E-state index contributed by atoms with van der Waals surface area (Å²) < 4.78 is 5.00. The maximum absolute atomic E-state index is 11.9. The molecule has 0 radical (unpaired) electrons. The number of nitrogen functional groups attached to an aromatic ring is 1. The molecule has 0 bridgehead atoms. The Morgan fingerprint density at radius 1 is 1.53 bits per heavy atom. The van der Waals surface area contributed by atoms with E-state index in [9.17, 15) is 9.90 Å². The Morgan fingerprint density at radius 3 is 2.76 bits per heavy atom. The van der Waals surface area contributed by atoms with Gasteiger partial charge in [-0.1, -0.05) is 6.07 Å². The lowest BCUT2D eigenvalue weighted by Gasteiger charge is -2.25. The highest BCUT2D eigenvalue weighted by Crippen LogP contribution is 2.24. The molecule has 94 valence electrons. The maximum atomic E-state index is 11.9. The van der Waals surface area contributed by atoms with Gasteiger partial charge >= 0.3 is 0 Å². The minimum absolute atomic E-state index is 0.161. The van der Waals surface area contributed by atoms with Gasteiger partial charge in [-0.25, -0.2) is 0 Å². The van der Waals surface area contributed by atoms with Crippen LogP contribution in [0.2, 0.25) is 0 Å². The molecule has 1 amide bonds. The Labute approximate surface area is 101 Å². The van der Waals surface area contributed by atoms with Crippen LogP contribution in [-0.2, 0) is 4.74 Å². The molecule has 0 saturated heterocycles. The number of para-hydroxylation sites is 1. The lowest BCUT2D eigenvalue weighted by molar-refractivity contribution is 0.0817. The molecule has 1 rings (SSSR count). The normalized spacial score (nSPS) is 11.2. The van der Waals surface area contributed by atoms with Crippen LogP contribution in [0, 0.1) is 0 Å². The Kier molecular flexibility index (Phi) is 3.96. The largest absolute Gasteiger partial charge is 0.505 e. The van der Waals surface area contributed by atoms with E-state index in [0.29, 0.717) is 6.61 Å². The van der Waals surface area contributed by atoms with Crippen LogP contribution in [0.15, 0.2) is 18.2 Å². The van der Waals surface area contributed by atoms with Gasteiger partial charge in [-0.15, -0.1) is 0 Å². The van der Waals surface area contributed by atoms with Gasteiger partial charge < -0.3 is 20.9 Å². The van der Waals surface area contributed by atoms with Gasteiger partial charge in [0.25, 0.3) is 5.91 Å². The molecule has 5 nitrogen and oxygen atoms in total. The van der Waals surface area contributed by atoms with Gasteiger partial charge in [0.15, 0.2) is 5.75 Å². The van der Waals surface area contributed by atoms with Gasteiger partial charge in [0, 0.05) is 7.11 Å². The van der Waals surface area contributed by atoms with Crippen LogP contribution in [0.25, 0.3) is 0 Å². The molecule has 4 N–H and O–H groups in total. The van der Waals surface area contributed by atoms with E-state index >= 15 is 0 Å². The molecule has 0 aliphatic heterocycles. The van der Waals surface area contributed by atoms with Gasteiger partial charge in [-0.3, -0.25) is 4.79 Å². The fourth-order valence-corrected chi connectivity index (χ4v) is 1.52. The number of aromatic hydroxyl groups is 1. The minimum atomic E-state index is -0.511. The molecular formula is C12H18N2O3. The fraction of sp³-hybridized carbons (Fsp3) is 0.417. The molecule has 0 atom stereocenters. The summed E-state index contributed by atoms with van der Waals surface area (Å²) in [6.07, 6.45) is 0. The van der Waals surface area contributed by atoms with E-state index in [-0.39, 0.29) is 22.9 Å². The molecule has 0 aliphatic carbocycles. The van der Waals surface area contributed by atoms with Gasteiger partial charge in [0.1, 0.15) is 0 Å². The number of carbonyl (C=O) groups excluding carboxylic acids is 1. The van der Waals surface area contributed by atoms with E-state index in [1.807, 2.05) is 13.8 Å². The van der Waals surface area contributed by atoms with E-state index in [4.69, 9.17) is 10.5 Å². The smallest absolute Gasteiger partial charge is 0.255 e. The van der Waals surface area contributed by atoms with Gasteiger partial charge in [0.05, 0.1) is 23.4 Å². The lowest BCUT2D eigenvalue weighted by Crippen LogP contribution is -2.46. The number of hydrogen-bond donors (Lipinski definition) is 3. The fourth-order valence-electron chi connectivity index (χ4n) is 1.52. The van der Waals surface area contributed by atoms with Crippen LogP contribution in [-0.4, -0.2) is 30.3 Å². The van der Waals surface area contributed by atoms with Crippen molar-refractivity contribution in [3.8, 4) is 5.75 Å². The highest BCUT2D eigenvalue weighted by Gasteiger charge is 2.22. The first kappa shape index (κ1) is 13.3. The molecule has 0 saturated carbocycles. The first-order chi connectivity index (χ1) is 7.87. The van der Waals surface area contributed by atoms with Crippen molar-refractivity contribution in [3.63, 3.8) is 0 Å². The number of methoxy groups -OCH3 is 1. The molecular weight excluding hydrogens is 220 g/mol. The second kappa shape index (κ2) is 5.05. The minimum Gasteiger partial charge on any atom is -0.505 e. The van der Waals surface area contributed by atoms with Crippen molar-refractivity contribution >= 4 is 11.6 Å². The predicted octanol–water partition coefficient (Wildman–Crippen LogP) is 1.13. The van der Waals surface area contributed by atoms with Crippen molar-refractivity contribution in [2.75, 3.05) is 19.5 Å². The first-order valence-corrected chi connectivity index (χ1v) is 5.26. The molecule has 17 heavy (non-hydrogen) atoms. The quantitative estimate of drug-likeness (QED) is 0.542. The van der Waals surface area contributed by atoms with E-state index in [1.165, 1.54) is 12.1 Å². The Bertz CT molecular complexity index is 416. The number of hydrogen-bond acceptors (Lipinski definition) is 4. The van der Waals surface area contributed by atoms with Crippen molar-refractivity contribution in [1.82, 2.24) is 5.32 Å². The standard InChI is InChI=1S/C12H18N2O3/c1-12(2,7-17-3)14-11(16)8-5-4-6-9(13)10(8)15/h4-6,15H,7,13H2,1-3H3,(H,14,16). The Balaban J connectivity index is 2.87. The lowest BCUT2D eigenvalue weighted by atomic mass is 10.1. The van der Waals surface area contributed by atoms with Crippen molar-refractivity contribution in [1.29, 1.82) is 0 Å². The SMILES string of the molecule is COCC(C)(C)NC(=O)c1cccc(N)c1O. The van der Waals surface area contributed by atoms with Crippen LogP contribution in [0.5, 0.6) is 5.75 Å². The van der Waals surface area contributed by atoms with E-state index in [1.54, 1.807) is 13.2 Å². The van der Waals surface area contributed by atoms with Gasteiger partial charge in [-0.05, 0) is 26.0 Å². The summed E-state index contributed by atoms with van der Waals surface area (Å²) in [6.45, 7) is 4.04. The zero-order valence-electron chi connectivity index (χ0n) is 10.3. The number of nitrogens with two attached hydrogens (primary N) is 1. The first-order valence-electron chi connectivity index (χ1n) is 5.26. The van der Waals surface area contributed by atoms with Crippen LogP contribution in [0.4, 0.5) is 5.69 Å². The number of rotatable bonds is 4. The molecule has 0 heterocycles. The molecule has 0 unspecified atom stereocenters. The molecule has 0 fully saturated rings. The number of phenolic OH excluding ortho intramolecular Hbond substituents is 1. The number of nitrogens with one attached hydrogen (secondary N) is 1. The van der Waals surface area contributed by atoms with Crippen molar-refractivity contribution < 1.29 is 14.6 Å². The van der Waals surface area contributed by atoms with Gasteiger partial charge in [0.2, 0.25) is 0 Å².